The predicted octanol–water partition coefficient (Wildman–Crippen LogP) is 2.88. The highest BCUT2D eigenvalue weighted by Gasteiger charge is 2.25. The fourth-order valence-electron chi connectivity index (χ4n) is 1.26. The lowest BCUT2D eigenvalue weighted by molar-refractivity contribution is -0.146. The lowest BCUT2D eigenvalue weighted by Gasteiger charge is -2.14. The summed E-state index contributed by atoms with van der Waals surface area (Å²) >= 11 is 5.78. The molecule has 0 saturated heterocycles. The van der Waals surface area contributed by atoms with E-state index in [1.165, 1.54) is 0 Å². The van der Waals surface area contributed by atoms with Crippen LogP contribution in [0.3, 0.4) is 0 Å². The molecule has 0 unspecified atom stereocenters. The van der Waals surface area contributed by atoms with E-state index in [1.54, 1.807) is 13.8 Å². The van der Waals surface area contributed by atoms with Crippen LogP contribution in [0, 0.1) is 0 Å². The minimum absolute atomic E-state index is 0.280. The molecular formula is C12H23ClO3. The van der Waals surface area contributed by atoms with Gasteiger partial charge in [-0.25, -0.2) is 0 Å². The van der Waals surface area contributed by atoms with Crippen LogP contribution >= 0.6 is 11.6 Å². The van der Waals surface area contributed by atoms with Crippen LogP contribution in [-0.4, -0.2) is 29.2 Å². The van der Waals surface area contributed by atoms with Gasteiger partial charge in [0.2, 0.25) is 0 Å². The zero-order valence-corrected chi connectivity index (χ0v) is 11.1. The number of ether oxygens (including phenoxy) is 1. The topological polar surface area (TPSA) is 46.5 Å². The van der Waals surface area contributed by atoms with Crippen molar-refractivity contribution in [3.8, 4) is 0 Å². The molecule has 0 atom stereocenters. The largest absolute Gasteiger partial charge is 0.464 e. The molecule has 0 radical (unpaired) electrons. The average Bonchev–Trinajstić information content (AvgIpc) is 2.20. The molecule has 0 bridgehead atoms. The average molecular weight is 251 g/mol. The van der Waals surface area contributed by atoms with Crippen LogP contribution < -0.4 is 0 Å². The Hall–Kier alpha value is -0.280. The van der Waals surface area contributed by atoms with Crippen LogP contribution in [0.4, 0.5) is 0 Å². The van der Waals surface area contributed by atoms with Crippen LogP contribution in [0.25, 0.3) is 0 Å². The molecule has 4 heteroatoms. The van der Waals surface area contributed by atoms with Gasteiger partial charge in [-0.05, 0) is 26.7 Å². The fraction of sp³-hybridized carbons (Fsp3) is 0.917. The molecular weight excluding hydrogens is 228 g/mol. The van der Waals surface area contributed by atoms with Gasteiger partial charge in [-0.15, -0.1) is 11.6 Å². The fourth-order valence-corrected chi connectivity index (χ4v) is 1.31. The molecule has 16 heavy (non-hydrogen) atoms. The molecule has 0 amide bonds. The summed E-state index contributed by atoms with van der Waals surface area (Å²) in [6.07, 6.45) is 6.16. The molecule has 0 aromatic heterocycles. The first-order valence-corrected chi connectivity index (χ1v) is 6.33. The molecule has 96 valence electrons. The molecule has 3 nitrogen and oxygen atoms in total. The molecule has 0 fully saturated rings. The summed E-state index contributed by atoms with van der Waals surface area (Å²) in [6.45, 7) is 3.99. The number of hydrogen-bond acceptors (Lipinski definition) is 3. The zero-order valence-electron chi connectivity index (χ0n) is 10.3. The quantitative estimate of drug-likeness (QED) is 0.389. The van der Waals surface area contributed by atoms with Crippen molar-refractivity contribution in [3.63, 3.8) is 0 Å². The van der Waals surface area contributed by atoms with E-state index in [0.29, 0.717) is 6.61 Å². The van der Waals surface area contributed by atoms with Crippen molar-refractivity contribution < 1.29 is 14.6 Å². The first-order valence-electron chi connectivity index (χ1n) is 5.95. The predicted molar refractivity (Wildman–Crippen MR) is 65.7 cm³/mol. The van der Waals surface area contributed by atoms with Gasteiger partial charge in [0.05, 0.1) is 6.61 Å². The van der Waals surface area contributed by atoms with Gasteiger partial charge in [0.15, 0.2) is 0 Å². The van der Waals surface area contributed by atoms with Crippen molar-refractivity contribution in [1.82, 2.24) is 0 Å². The van der Waals surface area contributed by atoms with E-state index in [2.05, 4.69) is 0 Å². The monoisotopic (exact) mass is 250 g/mol. The third kappa shape index (κ3) is 8.98. The minimum atomic E-state index is -0.916. The van der Waals surface area contributed by atoms with Gasteiger partial charge in [0.1, 0.15) is 4.87 Å². The molecule has 0 heterocycles. The van der Waals surface area contributed by atoms with E-state index in [0.717, 1.165) is 38.5 Å². The number of alkyl halides is 1. The first kappa shape index (κ1) is 15.7. The highest BCUT2D eigenvalue weighted by Crippen LogP contribution is 2.15. The van der Waals surface area contributed by atoms with E-state index >= 15 is 0 Å². The Kier molecular flexibility index (Phi) is 8.67. The third-order valence-corrected chi connectivity index (χ3v) is 2.43. The Morgan fingerprint density at radius 3 is 2.12 bits per heavy atom. The minimum Gasteiger partial charge on any atom is -0.464 e. The standard InChI is InChI=1S/C12H23ClO3/c1-12(2,13)11(15)16-10-8-6-4-3-5-7-9-14/h14H,3-10H2,1-2H3. The van der Waals surface area contributed by atoms with Crippen molar-refractivity contribution >= 4 is 17.6 Å². The van der Waals surface area contributed by atoms with Crippen LogP contribution in [-0.2, 0) is 9.53 Å². The van der Waals surface area contributed by atoms with E-state index < -0.39 is 4.87 Å². The maximum Gasteiger partial charge on any atom is 0.326 e. The van der Waals surface area contributed by atoms with E-state index in [4.69, 9.17) is 21.4 Å². The van der Waals surface area contributed by atoms with Gasteiger partial charge >= 0.3 is 5.97 Å². The lowest BCUT2D eigenvalue weighted by atomic mass is 10.1. The van der Waals surface area contributed by atoms with Crippen LogP contribution in [0.15, 0.2) is 0 Å². The molecule has 0 aliphatic heterocycles. The number of aliphatic hydroxyl groups is 1. The van der Waals surface area contributed by atoms with Gasteiger partial charge in [0, 0.05) is 6.61 Å². The molecule has 1 N–H and O–H groups in total. The Bertz CT molecular complexity index is 187. The molecule has 0 aromatic rings. The number of hydrogen-bond donors (Lipinski definition) is 1. The maximum atomic E-state index is 11.3. The highest BCUT2D eigenvalue weighted by molar-refractivity contribution is 6.33. The van der Waals surface area contributed by atoms with Crippen molar-refractivity contribution in [1.29, 1.82) is 0 Å². The van der Waals surface area contributed by atoms with Crippen LogP contribution in [0.2, 0.25) is 0 Å². The molecule has 0 spiro atoms. The van der Waals surface area contributed by atoms with E-state index in [-0.39, 0.29) is 12.6 Å². The number of esters is 1. The lowest BCUT2D eigenvalue weighted by Crippen LogP contribution is -2.27. The Morgan fingerprint density at radius 1 is 1.12 bits per heavy atom. The van der Waals surface area contributed by atoms with Crippen molar-refractivity contribution in [2.45, 2.75) is 57.2 Å². The Morgan fingerprint density at radius 2 is 1.62 bits per heavy atom. The highest BCUT2D eigenvalue weighted by atomic mass is 35.5. The normalized spacial score (nSPS) is 11.5. The van der Waals surface area contributed by atoms with Crippen LogP contribution in [0.5, 0.6) is 0 Å². The van der Waals surface area contributed by atoms with Gasteiger partial charge < -0.3 is 9.84 Å². The number of halogens is 1. The smallest absolute Gasteiger partial charge is 0.326 e. The van der Waals surface area contributed by atoms with Gasteiger partial charge in [-0.2, -0.15) is 0 Å². The summed E-state index contributed by atoms with van der Waals surface area (Å²) in [7, 11) is 0. The Balaban J connectivity index is 3.25. The third-order valence-electron chi connectivity index (χ3n) is 2.27. The molecule has 0 rings (SSSR count). The van der Waals surface area contributed by atoms with Crippen molar-refractivity contribution in [3.05, 3.63) is 0 Å². The van der Waals surface area contributed by atoms with Crippen LogP contribution in [0.1, 0.15) is 52.4 Å². The van der Waals surface area contributed by atoms with E-state index in [1.807, 2.05) is 0 Å². The SMILES string of the molecule is CC(C)(Cl)C(=O)OCCCCCCCCO. The maximum absolute atomic E-state index is 11.3. The van der Waals surface area contributed by atoms with Crippen molar-refractivity contribution in [2.24, 2.45) is 0 Å². The van der Waals surface area contributed by atoms with Gasteiger partial charge in [-0.1, -0.05) is 25.7 Å². The number of carbonyl (C=O) groups excluding carboxylic acids is 1. The second-order valence-corrected chi connectivity index (χ2v) is 5.40. The van der Waals surface area contributed by atoms with Crippen molar-refractivity contribution in [2.75, 3.05) is 13.2 Å². The summed E-state index contributed by atoms with van der Waals surface area (Å²) < 4.78 is 5.02. The summed E-state index contributed by atoms with van der Waals surface area (Å²) in [5, 5.41) is 8.57. The summed E-state index contributed by atoms with van der Waals surface area (Å²) in [5.74, 6) is -0.352. The first-order chi connectivity index (χ1) is 7.48. The zero-order chi connectivity index (χ0) is 12.4. The number of unbranched alkanes of at least 4 members (excludes halogenated alkanes) is 5. The van der Waals surface area contributed by atoms with E-state index in [9.17, 15) is 4.79 Å². The second kappa shape index (κ2) is 8.82. The molecule has 0 aliphatic rings. The summed E-state index contributed by atoms with van der Waals surface area (Å²) in [5.41, 5.74) is 0. The summed E-state index contributed by atoms with van der Waals surface area (Å²) in [6, 6.07) is 0. The van der Waals surface area contributed by atoms with Gasteiger partial charge in [-0.3, -0.25) is 4.79 Å². The second-order valence-electron chi connectivity index (χ2n) is 4.45. The van der Waals surface area contributed by atoms with Gasteiger partial charge in [0.25, 0.3) is 0 Å². The Labute approximate surface area is 103 Å². The number of rotatable bonds is 9. The number of aliphatic hydroxyl groups excluding tert-OH is 1. The summed E-state index contributed by atoms with van der Waals surface area (Å²) in [4.78, 5) is 10.3. The molecule has 0 aromatic carbocycles. The molecule has 0 saturated carbocycles. The number of carbonyl (C=O) groups is 1. The molecule has 0 aliphatic carbocycles.